The number of unbranched alkanes of at least 4 members (excludes halogenated alkanes) is 12. The predicted molar refractivity (Wildman–Crippen MR) is 260 cm³/mol. The molecule has 0 radical (unpaired) electrons. The number of hydrogen-bond acceptors (Lipinski definition) is 14. The van der Waals surface area contributed by atoms with E-state index in [-0.39, 0.29) is 110 Å². The number of amides is 5. The van der Waals surface area contributed by atoms with Gasteiger partial charge in [0, 0.05) is 51.0 Å². The molecule has 0 saturated carbocycles. The lowest BCUT2D eigenvalue weighted by atomic mass is 10.0. The van der Waals surface area contributed by atoms with Crippen LogP contribution in [0.15, 0.2) is 12.3 Å². The lowest BCUT2D eigenvalue weighted by Crippen LogP contribution is -2.45. The number of rotatable bonds is 50. The van der Waals surface area contributed by atoms with Crippen LogP contribution in [0.3, 0.4) is 0 Å². The Morgan fingerprint density at radius 2 is 0.761 bits per heavy atom. The van der Waals surface area contributed by atoms with Crippen LogP contribution < -0.4 is 31.9 Å². The molecule has 408 valence electrons. The van der Waals surface area contributed by atoms with Crippen molar-refractivity contribution in [1.29, 1.82) is 0 Å². The molecule has 0 aliphatic rings. The number of carbonyl (C=O) groups excluding carboxylic acids is 5. The van der Waals surface area contributed by atoms with Gasteiger partial charge in [0.1, 0.15) is 31.3 Å². The van der Waals surface area contributed by atoms with E-state index in [1.807, 2.05) is 6.92 Å². The minimum absolute atomic E-state index is 0.00686. The van der Waals surface area contributed by atoms with Crippen LogP contribution in [0, 0.1) is 0 Å². The molecule has 0 aliphatic carbocycles. The maximum atomic E-state index is 12.3. The second-order valence-corrected chi connectivity index (χ2v) is 17.0. The topological polar surface area (TPSA) is 344 Å². The highest BCUT2D eigenvalue weighted by Crippen LogP contribution is 2.14. The van der Waals surface area contributed by atoms with Crippen molar-refractivity contribution in [2.24, 2.45) is 0 Å². The highest BCUT2D eigenvalue weighted by Gasteiger charge is 2.25. The fraction of sp³-hybridized carbons (Fsp3) is 0.771. The molecule has 5 amide bonds. The van der Waals surface area contributed by atoms with E-state index in [1.54, 1.807) is 0 Å². The third kappa shape index (κ3) is 42.0. The van der Waals surface area contributed by atoms with Crippen LogP contribution in [0.4, 0.5) is 0 Å². The molecule has 0 heterocycles. The number of aliphatic carboxylic acids is 4. The van der Waals surface area contributed by atoms with Gasteiger partial charge >= 0.3 is 23.9 Å². The SMILES string of the molecule is C=C(CCCCCCCCCCCCCCC(=O)O)N[C@@H](CCC(=O)NCCOCCOCC(=O)NCCOCCOCC(=O)NC(CCC(=O)N[C@@H](CCC(=O)NCCCC)C(=O)O)C(=O)O)C(=O)O. The molecule has 23 heteroatoms. The van der Waals surface area contributed by atoms with Crippen molar-refractivity contribution in [2.75, 3.05) is 72.5 Å². The Morgan fingerprint density at radius 3 is 1.21 bits per heavy atom. The molecule has 0 aromatic rings. The minimum Gasteiger partial charge on any atom is -0.481 e. The number of carbonyl (C=O) groups is 9. The maximum absolute atomic E-state index is 12.3. The summed E-state index contributed by atoms with van der Waals surface area (Å²) in [5, 5.41) is 52.6. The van der Waals surface area contributed by atoms with Crippen LogP contribution in [0.5, 0.6) is 0 Å². The fourth-order valence-corrected chi connectivity index (χ4v) is 6.73. The average molecular weight is 1020 g/mol. The summed E-state index contributed by atoms with van der Waals surface area (Å²) in [6.45, 7) is 6.69. The van der Waals surface area contributed by atoms with Gasteiger partial charge in [0.15, 0.2) is 0 Å². The van der Waals surface area contributed by atoms with E-state index in [9.17, 15) is 58.5 Å². The highest BCUT2D eigenvalue weighted by atomic mass is 16.5. The number of carboxylic acids is 4. The van der Waals surface area contributed by atoms with Crippen molar-refractivity contribution >= 4 is 53.4 Å². The Labute approximate surface area is 418 Å². The first-order chi connectivity index (χ1) is 34.0. The molecule has 0 rings (SSSR count). The molecule has 3 atom stereocenters. The van der Waals surface area contributed by atoms with E-state index in [2.05, 4.69) is 38.5 Å². The first kappa shape index (κ1) is 65.6. The molecule has 10 N–H and O–H groups in total. The zero-order valence-electron chi connectivity index (χ0n) is 41.9. The summed E-state index contributed by atoms with van der Waals surface area (Å²) in [7, 11) is 0. The van der Waals surface area contributed by atoms with Crippen LogP contribution in [0.1, 0.15) is 148 Å². The summed E-state index contributed by atoms with van der Waals surface area (Å²) >= 11 is 0. The normalized spacial score (nSPS) is 12.2. The van der Waals surface area contributed by atoms with E-state index in [0.29, 0.717) is 18.7 Å². The van der Waals surface area contributed by atoms with Gasteiger partial charge in [-0.1, -0.05) is 84.1 Å². The largest absolute Gasteiger partial charge is 0.481 e. The molecule has 0 fully saturated rings. The summed E-state index contributed by atoms with van der Waals surface area (Å²) in [5.41, 5.74) is 0.637. The van der Waals surface area contributed by atoms with Gasteiger partial charge in [0.2, 0.25) is 29.5 Å². The van der Waals surface area contributed by atoms with Gasteiger partial charge in [0.25, 0.3) is 0 Å². The van der Waals surface area contributed by atoms with E-state index < -0.39 is 72.8 Å². The number of carboxylic acid groups (broad SMARTS) is 4. The first-order valence-corrected chi connectivity index (χ1v) is 25.1. The van der Waals surface area contributed by atoms with Crippen molar-refractivity contribution in [3.8, 4) is 0 Å². The van der Waals surface area contributed by atoms with Crippen molar-refractivity contribution < 1.29 is 82.5 Å². The molecular formula is C48H84N6O17. The molecule has 0 bridgehead atoms. The van der Waals surface area contributed by atoms with Gasteiger partial charge < -0.3 is 71.3 Å². The Balaban J connectivity index is 3.92. The van der Waals surface area contributed by atoms with Gasteiger partial charge in [0.05, 0.1) is 39.6 Å². The van der Waals surface area contributed by atoms with E-state index in [4.69, 9.17) is 24.1 Å². The van der Waals surface area contributed by atoms with E-state index in [1.165, 1.54) is 25.7 Å². The van der Waals surface area contributed by atoms with E-state index >= 15 is 0 Å². The first-order valence-electron chi connectivity index (χ1n) is 25.1. The lowest BCUT2D eigenvalue weighted by Gasteiger charge is -2.17. The highest BCUT2D eigenvalue weighted by molar-refractivity contribution is 5.87. The number of ether oxygens (including phenoxy) is 4. The van der Waals surface area contributed by atoms with Crippen LogP contribution in [-0.4, -0.2) is 164 Å². The molecule has 0 aromatic heterocycles. The van der Waals surface area contributed by atoms with Crippen LogP contribution in [0.2, 0.25) is 0 Å². The Hall–Kier alpha value is -5.39. The third-order valence-corrected chi connectivity index (χ3v) is 10.7. The fourth-order valence-electron chi connectivity index (χ4n) is 6.73. The van der Waals surface area contributed by atoms with Crippen molar-refractivity contribution in [2.45, 2.75) is 166 Å². The van der Waals surface area contributed by atoms with Gasteiger partial charge in [-0.3, -0.25) is 28.8 Å². The second kappa shape index (κ2) is 44.5. The zero-order valence-corrected chi connectivity index (χ0v) is 41.9. The molecular weight excluding hydrogens is 933 g/mol. The Bertz CT molecular complexity index is 1570. The summed E-state index contributed by atoms with van der Waals surface area (Å²) < 4.78 is 21.2. The summed E-state index contributed by atoms with van der Waals surface area (Å²) in [6, 6.07) is -3.72. The number of allylic oxidation sites excluding steroid dienone is 1. The molecule has 0 spiro atoms. The molecule has 1 unspecified atom stereocenters. The smallest absolute Gasteiger partial charge is 0.326 e. The van der Waals surface area contributed by atoms with Crippen molar-refractivity contribution in [3.63, 3.8) is 0 Å². The predicted octanol–water partition coefficient (Wildman–Crippen LogP) is 2.78. The molecule has 71 heavy (non-hydrogen) atoms. The van der Waals surface area contributed by atoms with E-state index in [0.717, 1.165) is 64.2 Å². The van der Waals surface area contributed by atoms with Crippen molar-refractivity contribution in [1.82, 2.24) is 31.9 Å². The Morgan fingerprint density at radius 1 is 0.394 bits per heavy atom. The quantitative estimate of drug-likeness (QED) is 0.0392. The van der Waals surface area contributed by atoms with Crippen molar-refractivity contribution in [3.05, 3.63) is 12.3 Å². The Kier molecular flexibility index (Phi) is 41.2. The van der Waals surface area contributed by atoms with Gasteiger partial charge in [-0.2, -0.15) is 0 Å². The molecule has 23 nitrogen and oxygen atoms in total. The standard InChI is InChI=1S/C48H84N6O17/c1-3-4-25-49-40(55)23-20-38(47(64)65)53-42(57)24-21-39(48(66)67)54-44(59)35-71-33-31-69-29-27-51-43(58)34-70-32-30-68-28-26-50-41(56)22-19-37(46(62)63)52-36(2)17-15-13-11-9-7-5-6-8-10-12-14-16-18-45(60)61/h37-39,52H,2-35H2,1H3,(H,49,55)(H,50,56)(H,51,58)(H,53,57)(H,54,59)(H,60,61)(H,62,63)(H,64,65)(H,66,67)/t37-,38-,39?/m0/s1. The number of hydrogen-bond donors (Lipinski definition) is 10. The minimum atomic E-state index is -1.44. The monoisotopic (exact) mass is 1020 g/mol. The average Bonchev–Trinajstić information content (AvgIpc) is 3.31. The number of nitrogens with one attached hydrogen (secondary N) is 6. The van der Waals surface area contributed by atoms with Crippen LogP contribution in [-0.2, 0) is 62.1 Å². The third-order valence-electron chi connectivity index (χ3n) is 10.7. The van der Waals surface area contributed by atoms with Crippen LogP contribution >= 0.6 is 0 Å². The summed E-state index contributed by atoms with van der Waals surface area (Å²) in [6.07, 6.45) is 14.6. The second-order valence-electron chi connectivity index (χ2n) is 17.0. The lowest BCUT2D eigenvalue weighted by molar-refractivity contribution is -0.144. The summed E-state index contributed by atoms with van der Waals surface area (Å²) in [5.74, 6) is -7.10. The zero-order chi connectivity index (χ0) is 52.9. The van der Waals surface area contributed by atoms with Crippen LogP contribution in [0.25, 0.3) is 0 Å². The molecule has 0 aromatic carbocycles. The molecule has 0 aliphatic heterocycles. The van der Waals surface area contributed by atoms with Gasteiger partial charge in [-0.25, -0.2) is 14.4 Å². The molecule has 0 saturated heterocycles. The maximum Gasteiger partial charge on any atom is 0.326 e. The summed E-state index contributed by atoms with van der Waals surface area (Å²) in [4.78, 5) is 106. The van der Waals surface area contributed by atoms with Gasteiger partial charge in [-0.15, -0.1) is 0 Å². The van der Waals surface area contributed by atoms with Gasteiger partial charge in [-0.05, 0) is 44.9 Å².